The highest BCUT2D eigenvalue weighted by atomic mass is 19.1. The van der Waals surface area contributed by atoms with Crippen LogP contribution < -0.4 is 0 Å². The van der Waals surface area contributed by atoms with Crippen LogP contribution in [0.1, 0.15) is 5.56 Å². The van der Waals surface area contributed by atoms with E-state index in [2.05, 4.69) is 5.92 Å². The van der Waals surface area contributed by atoms with Gasteiger partial charge in [-0.15, -0.1) is 6.42 Å². The molecule has 0 saturated heterocycles. The van der Waals surface area contributed by atoms with Crippen molar-refractivity contribution in [1.29, 1.82) is 0 Å². The van der Waals surface area contributed by atoms with Crippen LogP contribution in [-0.2, 0) is 0 Å². The molecule has 68 valence electrons. The fourth-order valence-electron chi connectivity index (χ4n) is 1.44. The Bertz CT molecular complexity index is 538. The Morgan fingerprint density at radius 2 is 1.93 bits per heavy atom. The molecule has 2 aromatic rings. The lowest BCUT2D eigenvalue weighted by Gasteiger charge is -2.03. The third-order valence-corrected chi connectivity index (χ3v) is 2.13. The molecule has 14 heavy (non-hydrogen) atoms. The maximum atomic E-state index is 13.4. The van der Waals surface area contributed by atoms with Crippen LogP contribution in [0.3, 0.4) is 0 Å². The molecule has 2 rings (SSSR count). The fraction of sp³-hybridized carbons (Fsp3) is 0. The Morgan fingerprint density at radius 3 is 2.64 bits per heavy atom. The number of terminal acetylenes is 1. The molecule has 0 unspecified atom stereocenters. The van der Waals surface area contributed by atoms with Crippen molar-refractivity contribution in [3.05, 3.63) is 41.7 Å². The summed E-state index contributed by atoms with van der Waals surface area (Å²) < 4.78 is 13.4. The molecule has 0 atom stereocenters. The molecule has 0 heterocycles. The van der Waals surface area contributed by atoms with Crippen LogP contribution in [0.15, 0.2) is 30.3 Å². The lowest BCUT2D eigenvalue weighted by molar-refractivity contribution is 0.436. The van der Waals surface area contributed by atoms with Gasteiger partial charge in [0.15, 0.2) is 11.6 Å². The lowest BCUT2D eigenvalue weighted by atomic mass is 10.0. The maximum absolute atomic E-state index is 13.4. The summed E-state index contributed by atoms with van der Waals surface area (Å²) >= 11 is 0. The zero-order chi connectivity index (χ0) is 10.1. The normalized spacial score (nSPS) is 10.0. The predicted molar refractivity (Wildman–Crippen MR) is 53.5 cm³/mol. The molecular formula is C12H7FO. The van der Waals surface area contributed by atoms with Gasteiger partial charge in [0.25, 0.3) is 0 Å². The van der Waals surface area contributed by atoms with Crippen molar-refractivity contribution < 1.29 is 9.50 Å². The largest absolute Gasteiger partial charge is 0.505 e. The molecule has 0 aliphatic heterocycles. The zero-order valence-corrected chi connectivity index (χ0v) is 7.29. The quantitative estimate of drug-likeness (QED) is 0.627. The van der Waals surface area contributed by atoms with E-state index in [0.29, 0.717) is 16.3 Å². The summed E-state index contributed by atoms with van der Waals surface area (Å²) in [4.78, 5) is 0. The first-order valence-electron chi connectivity index (χ1n) is 4.11. The molecule has 1 nitrogen and oxygen atoms in total. The van der Waals surface area contributed by atoms with Gasteiger partial charge < -0.3 is 5.11 Å². The van der Waals surface area contributed by atoms with Crippen LogP contribution >= 0.6 is 0 Å². The first-order chi connectivity index (χ1) is 6.74. The van der Waals surface area contributed by atoms with Crippen molar-refractivity contribution in [2.45, 2.75) is 0 Å². The number of benzene rings is 2. The number of aromatic hydroxyl groups is 1. The first kappa shape index (κ1) is 8.58. The Labute approximate surface area is 80.8 Å². The van der Waals surface area contributed by atoms with Crippen LogP contribution in [0.5, 0.6) is 5.75 Å². The number of fused-ring (bicyclic) bond motifs is 1. The summed E-state index contributed by atoms with van der Waals surface area (Å²) in [6.45, 7) is 0. The van der Waals surface area contributed by atoms with Crippen LogP contribution in [-0.4, -0.2) is 5.11 Å². The summed E-state index contributed by atoms with van der Waals surface area (Å²) in [6, 6.07) is 7.91. The van der Waals surface area contributed by atoms with Gasteiger partial charge in [-0.1, -0.05) is 18.1 Å². The summed E-state index contributed by atoms with van der Waals surface area (Å²) in [6.07, 6.45) is 5.27. The molecule has 1 N–H and O–H groups in total. The fourth-order valence-corrected chi connectivity index (χ4v) is 1.44. The summed E-state index contributed by atoms with van der Waals surface area (Å²) in [5.41, 5.74) is 0.626. The van der Waals surface area contributed by atoms with E-state index in [4.69, 9.17) is 11.5 Å². The standard InChI is InChI=1S/C12H7FO/c1-2-8-4-3-5-10-9(8)6-7-11(14)12(10)13/h1,3-7,14H. The van der Waals surface area contributed by atoms with Gasteiger partial charge in [-0.3, -0.25) is 0 Å². The van der Waals surface area contributed by atoms with Crippen LogP contribution in [0.2, 0.25) is 0 Å². The molecule has 2 heteroatoms. The zero-order valence-electron chi connectivity index (χ0n) is 7.29. The van der Waals surface area contributed by atoms with E-state index >= 15 is 0 Å². The van der Waals surface area contributed by atoms with Gasteiger partial charge in [-0.05, 0) is 18.2 Å². The van der Waals surface area contributed by atoms with Gasteiger partial charge >= 0.3 is 0 Å². The Morgan fingerprint density at radius 1 is 1.14 bits per heavy atom. The minimum Gasteiger partial charge on any atom is -0.505 e. The van der Waals surface area contributed by atoms with Gasteiger partial charge in [0.1, 0.15) is 0 Å². The van der Waals surface area contributed by atoms with Crippen molar-refractivity contribution in [2.24, 2.45) is 0 Å². The highest BCUT2D eigenvalue weighted by Crippen LogP contribution is 2.27. The van der Waals surface area contributed by atoms with E-state index < -0.39 is 5.82 Å². The SMILES string of the molecule is C#Cc1cccc2c(F)c(O)ccc12. The molecule has 0 bridgehead atoms. The van der Waals surface area contributed by atoms with Crippen molar-refractivity contribution in [3.8, 4) is 18.1 Å². The van der Waals surface area contributed by atoms with Crippen LogP contribution in [0, 0.1) is 18.2 Å². The predicted octanol–water partition coefficient (Wildman–Crippen LogP) is 2.67. The van der Waals surface area contributed by atoms with Gasteiger partial charge in [0, 0.05) is 16.3 Å². The van der Waals surface area contributed by atoms with Crippen molar-refractivity contribution in [2.75, 3.05) is 0 Å². The Balaban J connectivity index is 2.95. The van der Waals surface area contributed by atoms with E-state index in [-0.39, 0.29) is 5.75 Å². The van der Waals surface area contributed by atoms with E-state index in [1.807, 2.05) is 0 Å². The van der Waals surface area contributed by atoms with Gasteiger partial charge in [-0.2, -0.15) is 0 Å². The molecule has 0 fully saturated rings. The first-order valence-corrected chi connectivity index (χ1v) is 4.11. The number of hydrogen-bond acceptors (Lipinski definition) is 1. The molecule has 0 amide bonds. The molecule has 0 saturated carbocycles. The minimum absolute atomic E-state index is 0.348. The minimum atomic E-state index is -0.625. The second kappa shape index (κ2) is 3.04. The lowest BCUT2D eigenvalue weighted by Crippen LogP contribution is -1.84. The van der Waals surface area contributed by atoms with Crippen LogP contribution in [0.25, 0.3) is 10.8 Å². The average Bonchev–Trinajstić information content (AvgIpc) is 2.23. The average molecular weight is 186 g/mol. The van der Waals surface area contributed by atoms with Gasteiger partial charge in [0.05, 0.1) is 0 Å². The molecule has 0 aromatic heterocycles. The second-order valence-electron chi connectivity index (χ2n) is 2.94. The van der Waals surface area contributed by atoms with Gasteiger partial charge in [0.2, 0.25) is 0 Å². The summed E-state index contributed by atoms with van der Waals surface area (Å²) in [5, 5.41) is 10.1. The van der Waals surface area contributed by atoms with Crippen LogP contribution in [0.4, 0.5) is 4.39 Å². The van der Waals surface area contributed by atoms with Crippen molar-refractivity contribution in [1.82, 2.24) is 0 Å². The molecule has 0 aliphatic carbocycles. The van der Waals surface area contributed by atoms with Crippen molar-refractivity contribution in [3.63, 3.8) is 0 Å². The molecule has 2 aromatic carbocycles. The summed E-state index contributed by atoms with van der Waals surface area (Å²) in [5.74, 6) is 1.49. The number of halogens is 1. The third kappa shape index (κ3) is 1.11. The molecule has 0 spiro atoms. The number of rotatable bonds is 0. The topological polar surface area (TPSA) is 20.2 Å². The monoisotopic (exact) mass is 186 g/mol. The molecule has 0 radical (unpaired) electrons. The highest BCUT2D eigenvalue weighted by Gasteiger charge is 2.07. The number of hydrogen-bond donors (Lipinski definition) is 1. The Hall–Kier alpha value is -2.01. The number of phenols is 1. The van der Waals surface area contributed by atoms with E-state index in [0.717, 1.165) is 0 Å². The molecule has 0 aliphatic rings. The molecular weight excluding hydrogens is 179 g/mol. The van der Waals surface area contributed by atoms with Crippen molar-refractivity contribution >= 4 is 10.8 Å². The Kier molecular flexibility index (Phi) is 1.86. The maximum Gasteiger partial charge on any atom is 0.172 e. The number of phenolic OH excluding ortho intramolecular Hbond substituents is 1. The van der Waals surface area contributed by atoms with Gasteiger partial charge in [-0.25, -0.2) is 4.39 Å². The smallest absolute Gasteiger partial charge is 0.172 e. The summed E-state index contributed by atoms with van der Waals surface area (Å²) in [7, 11) is 0. The second-order valence-corrected chi connectivity index (χ2v) is 2.94. The highest BCUT2D eigenvalue weighted by molar-refractivity contribution is 5.89. The third-order valence-electron chi connectivity index (χ3n) is 2.13. The van der Waals surface area contributed by atoms with E-state index in [1.165, 1.54) is 6.07 Å². The van der Waals surface area contributed by atoms with E-state index in [1.54, 1.807) is 24.3 Å². The van der Waals surface area contributed by atoms with E-state index in [9.17, 15) is 4.39 Å².